The number of nitriles is 1. The van der Waals surface area contributed by atoms with Crippen molar-refractivity contribution < 1.29 is 4.79 Å². The molecule has 1 heterocycles. The second kappa shape index (κ2) is 5.72. The molecule has 2 N–H and O–H groups in total. The Kier molecular flexibility index (Phi) is 4.03. The number of nitrogens with two attached hydrogens (primary N) is 1. The first-order valence-corrected chi connectivity index (χ1v) is 6.35. The van der Waals surface area contributed by atoms with Gasteiger partial charge in [0.15, 0.2) is 0 Å². The standard InChI is InChI=1S/C14H18N4O/c1-17-4-6-18(7-5-17)14(19)9-11-2-3-13(16)12(8-11)10-15/h2-3,8H,4-7,9,16H2,1H3. The Balaban J connectivity index is 2.01. The van der Waals surface area contributed by atoms with Crippen LogP contribution < -0.4 is 5.73 Å². The van der Waals surface area contributed by atoms with Gasteiger partial charge in [0.05, 0.1) is 12.0 Å². The number of nitrogen functional groups attached to an aromatic ring is 1. The van der Waals surface area contributed by atoms with Crippen LogP contribution in [0.4, 0.5) is 5.69 Å². The van der Waals surface area contributed by atoms with Crippen molar-refractivity contribution in [3.63, 3.8) is 0 Å². The maximum atomic E-state index is 12.2. The number of carbonyl (C=O) groups is 1. The molecule has 5 heteroatoms. The maximum Gasteiger partial charge on any atom is 0.227 e. The Bertz CT molecular complexity index is 513. The first kappa shape index (κ1) is 13.4. The molecule has 0 radical (unpaired) electrons. The molecule has 1 aliphatic heterocycles. The van der Waals surface area contributed by atoms with Gasteiger partial charge in [-0.2, -0.15) is 5.26 Å². The molecule has 0 spiro atoms. The lowest BCUT2D eigenvalue weighted by atomic mass is 10.1. The smallest absolute Gasteiger partial charge is 0.227 e. The average molecular weight is 258 g/mol. The van der Waals surface area contributed by atoms with Gasteiger partial charge in [-0.25, -0.2) is 0 Å². The molecule has 1 fully saturated rings. The first-order valence-electron chi connectivity index (χ1n) is 6.35. The maximum absolute atomic E-state index is 12.2. The number of nitrogens with zero attached hydrogens (tertiary/aromatic N) is 3. The Hall–Kier alpha value is -2.06. The zero-order valence-corrected chi connectivity index (χ0v) is 11.1. The minimum Gasteiger partial charge on any atom is -0.398 e. The van der Waals surface area contributed by atoms with E-state index in [4.69, 9.17) is 11.0 Å². The van der Waals surface area contributed by atoms with E-state index >= 15 is 0 Å². The fraction of sp³-hybridized carbons (Fsp3) is 0.429. The first-order chi connectivity index (χ1) is 9.10. The summed E-state index contributed by atoms with van der Waals surface area (Å²) in [6, 6.07) is 7.23. The molecular weight excluding hydrogens is 240 g/mol. The number of amides is 1. The fourth-order valence-electron chi connectivity index (χ4n) is 2.15. The molecule has 0 bridgehead atoms. The zero-order valence-electron chi connectivity index (χ0n) is 11.1. The van der Waals surface area contributed by atoms with Gasteiger partial charge in [0.25, 0.3) is 0 Å². The topological polar surface area (TPSA) is 73.4 Å². The van der Waals surface area contributed by atoms with E-state index in [1.54, 1.807) is 12.1 Å². The van der Waals surface area contributed by atoms with Gasteiger partial charge in [0, 0.05) is 31.9 Å². The van der Waals surface area contributed by atoms with Crippen LogP contribution in [0.1, 0.15) is 11.1 Å². The number of likely N-dealkylation sites (N-methyl/N-ethyl adjacent to an activating group) is 1. The quantitative estimate of drug-likeness (QED) is 0.782. The monoisotopic (exact) mass is 258 g/mol. The Morgan fingerprint density at radius 3 is 2.68 bits per heavy atom. The number of piperazine rings is 1. The van der Waals surface area contributed by atoms with Crippen LogP contribution in [0.2, 0.25) is 0 Å². The lowest BCUT2D eigenvalue weighted by Crippen LogP contribution is -2.47. The van der Waals surface area contributed by atoms with Crippen LogP contribution in [-0.4, -0.2) is 48.9 Å². The minimum atomic E-state index is 0.113. The van der Waals surface area contributed by atoms with Crippen LogP contribution in [-0.2, 0) is 11.2 Å². The number of benzene rings is 1. The summed E-state index contributed by atoms with van der Waals surface area (Å²) in [7, 11) is 2.06. The minimum absolute atomic E-state index is 0.113. The molecule has 0 aromatic heterocycles. The highest BCUT2D eigenvalue weighted by molar-refractivity contribution is 5.79. The lowest BCUT2D eigenvalue weighted by molar-refractivity contribution is -0.132. The van der Waals surface area contributed by atoms with Gasteiger partial charge in [0.2, 0.25) is 5.91 Å². The van der Waals surface area contributed by atoms with Crippen LogP contribution >= 0.6 is 0 Å². The molecule has 5 nitrogen and oxygen atoms in total. The van der Waals surface area contributed by atoms with Crippen LogP contribution in [0.5, 0.6) is 0 Å². The fourth-order valence-corrected chi connectivity index (χ4v) is 2.15. The molecule has 100 valence electrons. The summed E-state index contributed by atoms with van der Waals surface area (Å²) in [5.41, 5.74) is 7.40. The molecule has 1 amide bonds. The van der Waals surface area contributed by atoms with E-state index in [2.05, 4.69) is 11.9 Å². The van der Waals surface area contributed by atoms with Crippen molar-refractivity contribution >= 4 is 11.6 Å². The molecule has 1 saturated heterocycles. The third-order valence-electron chi connectivity index (χ3n) is 3.45. The van der Waals surface area contributed by atoms with Crippen molar-refractivity contribution in [2.24, 2.45) is 0 Å². The number of rotatable bonds is 2. The van der Waals surface area contributed by atoms with Crippen LogP contribution in [0.3, 0.4) is 0 Å². The van der Waals surface area contributed by atoms with E-state index in [1.165, 1.54) is 0 Å². The van der Waals surface area contributed by atoms with Crippen molar-refractivity contribution in [3.8, 4) is 6.07 Å². The highest BCUT2D eigenvalue weighted by Crippen LogP contribution is 2.14. The second-order valence-corrected chi connectivity index (χ2v) is 4.89. The third-order valence-corrected chi connectivity index (χ3v) is 3.45. The predicted molar refractivity (Wildman–Crippen MR) is 73.4 cm³/mol. The summed E-state index contributed by atoms with van der Waals surface area (Å²) < 4.78 is 0. The van der Waals surface area contributed by atoms with Gasteiger partial charge in [-0.15, -0.1) is 0 Å². The molecular formula is C14H18N4O. The normalized spacial score (nSPS) is 16.1. The van der Waals surface area contributed by atoms with E-state index in [9.17, 15) is 4.79 Å². The Labute approximate surface area is 113 Å². The van der Waals surface area contributed by atoms with Crippen molar-refractivity contribution in [3.05, 3.63) is 29.3 Å². The predicted octanol–water partition coefficient (Wildman–Crippen LogP) is 0.457. The summed E-state index contributed by atoms with van der Waals surface area (Å²) in [5, 5.41) is 8.92. The van der Waals surface area contributed by atoms with Crippen LogP contribution in [0.15, 0.2) is 18.2 Å². The molecule has 0 aliphatic carbocycles. The zero-order chi connectivity index (χ0) is 13.8. The number of anilines is 1. The molecule has 1 aromatic rings. The summed E-state index contributed by atoms with van der Waals surface area (Å²) in [6.45, 7) is 3.37. The van der Waals surface area contributed by atoms with Gasteiger partial charge >= 0.3 is 0 Å². The Morgan fingerprint density at radius 1 is 1.37 bits per heavy atom. The number of hydrogen-bond donors (Lipinski definition) is 1. The molecule has 0 unspecified atom stereocenters. The third kappa shape index (κ3) is 3.24. The summed E-state index contributed by atoms with van der Waals surface area (Å²) in [5.74, 6) is 0.113. The largest absolute Gasteiger partial charge is 0.398 e. The van der Waals surface area contributed by atoms with Gasteiger partial charge in [-0.05, 0) is 24.7 Å². The summed E-state index contributed by atoms with van der Waals surface area (Å²) in [6.07, 6.45) is 0.332. The molecule has 0 atom stereocenters. The van der Waals surface area contributed by atoms with Crippen LogP contribution in [0, 0.1) is 11.3 Å². The van der Waals surface area contributed by atoms with Gasteiger partial charge in [-0.3, -0.25) is 4.79 Å². The van der Waals surface area contributed by atoms with Gasteiger partial charge in [-0.1, -0.05) is 6.07 Å². The second-order valence-electron chi connectivity index (χ2n) is 4.89. The summed E-state index contributed by atoms with van der Waals surface area (Å²) in [4.78, 5) is 16.2. The molecule has 19 heavy (non-hydrogen) atoms. The van der Waals surface area contributed by atoms with Crippen molar-refractivity contribution in [1.82, 2.24) is 9.80 Å². The van der Waals surface area contributed by atoms with E-state index in [1.807, 2.05) is 17.0 Å². The highest BCUT2D eigenvalue weighted by Gasteiger charge is 2.19. The van der Waals surface area contributed by atoms with Crippen molar-refractivity contribution in [2.45, 2.75) is 6.42 Å². The lowest BCUT2D eigenvalue weighted by Gasteiger charge is -2.32. The van der Waals surface area contributed by atoms with Gasteiger partial charge in [0.1, 0.15) is 6.07 Å². The van der Waals surface area contributed by atoms with Crippen molar-refractivity contribution in [2.75, 3.05) is 39.0 Å². The van der Waals surface area contributed by atoms with Gasteiger partial charge < -0.3 is 15.5 Å². The Morgan fingerprint density at radius 2 is 2.05 bits per heavy atom. The SMILES string of the molecule is CN1CCN(C(=O)Cc2ccc(N)c(C#N)c2)CC1. The molecule has 2 rings (SSSR count). The average Bonchev–Trinajstić information content (AvgIpc) is 2.41. The molecule has 1 aliphatic rings. The molecule has 0 saturated carbocycles. The van der Waals surface area contributed by atoms with Crippen molar-refractivity contribution in [1.29, 1.82) is 5.26 Å². The van der Waals surface area contributed by atoms with E-state index in [0.717, 1.165) is 31.7 Å². The van der Waals surface area contributed by atoms with E-state index < -0.39 is 0 Å². The van der Waals surface area contributed by atoms with E-state index in [0.29, 0.717) is 17.7 Å². The number of carbonyl (C=O) groups excluding carboxylic acids is 1. The van der Waals surface area contributed by atoms with Crippen LogP contribution in [0.25, 0.3) is 0 Å². The molecule has 1 aromatic carbocycles. The van der Waals surface area contributed by atoms with E-state index in [-0.39, 0.29) is 5.91 Å². The summed E-state index contributed by atoms with van der Waals surface area (Å²) >= 11 is 0. The highest BCUT2D eigenvalue weighted by atomic mass is 16.2. The number of hydrogen-bond acceptors (Lipinski definition) is 4.